The Morgan fingerprint density at radius 3 is 2.31 bits per heavy atom. The van der Waals surface area contributed by atoms with E-state index in [1.54, 1.807) is 0 Å². The highest BCUT2D eigenvalue weighted by Crippen LogP contribution is 2.35. The molecule has 3 saturated heterocycles. The summed E-state index contributed by atoms with van der Waals surface area (Å²) in [7, 11) is 0. The minimum atomic E-state index is -1.20. The van der Waals surface area contributed by atoms with E-state index in [0.717, 1.165) is 25.7 Å². The van der Waals surface area contributed by atoms with Crippen molar-refractivity contribution in [2.45, 2.75) is 101 Å². The van der Waals surface area contributed by atoms with Gasteiger partial charge in [0.05, 0.1) is 19.3 Å². The molecule has 0 aliphatic carbocycles. The lowest BCUT2D eigenvalue weighted by atomic mass is 9.96. The molecule has 10 atom stereocenters. The first-order chi connectivity index (χ1) is 15.5. The molecule has 3 N–H and O–H groups in total. The van der Waals surface area contributed by atoms with Crippen LogP contribution in [-0.4, -0.2) is 103 Å². The summed E-state index contributed by atoms with van der Waals surface area (Å²) < 4.78 is 35.1. The van der Waals surface area contributed by atoms with Crippen molar-refractivity contribution in [2.24, 2.45) is 5.11 Å². The molecule has 0 spiro atoms. The van der Waals surface area contributed by atoms with Crippen molar-refractivity contribution in [1.29, 1.82) is 0 Å². The number of fused-ring (bicyclic) bond motifs is 2. The van der Waals surface area contributed by atoms with Gasteiger partial charge in [0.25, 0.3) is 0 Å². The summed E-state index contributed by atoms with van der Waals surface area (Å²) in [5, 5.41) is 34.9. The fourth-order valence-electron chi connectivity index (χ4n) is 4.12. The summed E-state index contributed by atoms with van der Waals surface area (Å²) in [5.74, 6) is 0. The van der Waals surface area contributed by atoms with Crippen LogP contribution in [0, 0.1) is 0 Å². The molecule has 3 aliphatic rings. The quantitative estimate of drug-likeness (QED) is 0.163. The van der Waals surface area contributed by atoms with Crippen molar-refractivity contribution in [3.63, 3.8) is 0 Å². The molecule has 32 heavy (non-hydrogen) atoms. The van der Waals surface area contributed by atoms with Gasteiger partial charge in [0.1, 0.15) is 42.7 Å². The first kappa shape index (κ1) is 25.6. The first-order valence-electron chi connectivity index (χ1n) is 11.4. The lowest BCUT2D eigenvalue weighted by molar-refractivity contribution is -0.341. The van der Waals surface area contributed by atoms with E-state index < -0.39 is 68.0 Å². The summed E-state index contributed by atoms with van der Waals surface area (Å²) >= 11 is 0. The predicted octanol–water partition coefficient (Wildman–Crippen LogP) is 0.615. The number of nitrogens with zero attached hydrogens (tertiary/aromatic N) is 3. The Morgan fingerprint density at radius 1 is 1.00 bits per heavy atom. The van der Waals surface area contributed by atoms with Crippen LogP contribution >= 0.6 is 0 Å². The van der Waals surface area contributed by atoms with E-state index in [-0.39, 0.29) is 6.61 Å². The molecule has 3 fully saturated rings. The fourth-order valence-corrected chi connectivity index (χ4v) is 4.12. The smallest absolute Gasteiger partial charge is 0.187 e. The summed E-state index contributed by atoms with van der Waals surface area (Å²) in [6, 6.07) is -0.984. The van der Waals surface area contributed by atoms with Gasteiger partial charge in [-0.05, 0) is 18.4 Å². The third kappa shape index (κ3) is 5.71. The summed E-state index contributed by atoms with van der Waals surface area (Å²) in [5.41, 5.74) is 8.85. The number of aliphatic hydroxyl groups is 3. The predicted molar refractivity (Wildman–Crippen MR) is 109 cm³/mol. The Kier molecular flexibility index (Phi) is 9.93. The zero-order valence-electron chi connectivity index (χ0n) is 18.6. The van der Waals surface area contributed by atoms with Crippen LogP contribution in [0.25, 0.3) is 10.4 Å². The third-order valence-corrected chi connectivity index (χ3v) is 5.96. The Bertz CT molecular complexity index is 623. The molecule has 12 nitrogen and oxygen atoms in total. The maximum atomic E-state index is 10.8. The highest BCUT2D eigenvalue weighted by Gasteiger charge is 2.54. The van der Waals surface area contributed by atoms with Crippen LogP contribution in [0.1, 0.15) is 39.5 Å². The number of azide groups is 1. The molecule has 3 unspecified atom stereocenters. The van der Waals surface area contributed by atoms with Gasteiger partial charge in [-0.2, -0.15) is 0 Å². The van der Waals surface area contributed by atoms with Crippen molar-refractivity contribution in [2.75, 3.05) is 26.4 Å². The standard InChI is InChI=1S/C20H35N3O9/c1-3-5-7-27-17-14(25)11(9-24)30-20(18(17)28-8-6-4-2)32-16-12-10-29-19(31-12)13(15(16)26)22-23-21/h11-20,24-26H,3-10H2,1-2H3/t11-,12?,13-,14+,15?,16+,17?,18-,19+,20-/m0/s1. The van der Waals surface area contributed by atoms with Gasteiger partial charge < -0.3 is 43.7 Å². The normalized spacial score (nSPS) is 41.4. The summed E-state index contributed by atoms with van der Waals surface area (Å²) in [6.45, 7) is 4.57. The second-order valence-electron chi connectivity index (χ2n) is 8.26. The zero-order valence-corrected chi connectivity index (χ0v) is 18.6. The van der Waals surface area contributed by atoms with E-state index in [1.807, 2.05) is 13.8 Å². The van der Waals surface area contributed by atoms with Gasteiger partial charge in [-0.1, -0.05) is 31.8 Å². The van der Waals surface area contributed by atoms with Gasteiger partial charge in [-0.3, -0.25) is 0 Å². The molecule has 3 rings (SSSR count). The molecule has 0 aromatic rings. The lowest BCUT2D eigenvalue weighted by Gasteiger charge is -2.46. The van der Waals surface area contributed by atoms with Gasteiger partial charge in [0.2, 0.25) is 0 Å². The van der Waals surface area contributed by atoms with Crippen LogP contribution in [0.3, 0.4) is 0 Å². The number of hydrogen-bond donors (Lipinski definition) is 3. The Balaban J connectivity index is 1.80. The van der Waals surface area contributed by atoms with E-state index >= 15 is 0 Å². The molecule has 0 aromatic carbocycles. The molecule has 0 radical (unpaired) electrons. The zero-order chi connectivity index (χ0) is 23.1. The van der Waals surface area contributed by atoms with Gasteiger partial charge in [-0.25, -0.2) is 0 Å². The van der Waals surface area contributed by atoms with E-state index in [1.165, 1.54) is 0 Å². The fraction of sp³-hybridized carbons (Fsp3) is 1.00. The largest absolute Gasteiger partial charge is 0.394 e. The molecule has 3 heterocycles. The number of unbranched alkanes of at least 4 members (excludes halogenated alkanes) is 2. The number of ether oxygens (including phenoxy) is 6. The Morgan fingerprint density at radius 2 is 1.69 bits per heavy atom. The van der Waals surface area contributed by atoms with Crippen molar-refractivity contribution in [1.82, 2.24) is 0 Å². The van der Waals surface area contributed by atoms with Crippen molar-refractivity contribution in [3.05, 3.63) is 10.4 Å². The van der Waals surface area contributed by atoms with Crippen LogP contribution in [-0.2, 0) is 28.4 Å². The number of aliphatic hydroxyl groups excluding tert-OH is 3. The Labute approximate surface area is 187 Å². The van der Waals surface area contributed by atoms with E-state index in [4.69, 9.17) is 34.0 Å². The van der Waals surface area contributed by atoms with Crippen LogP contribution < -0.4 is 0 Å². The van der Waals surface area contributed by atoms with E-state index in [9.17, 15) is 15.3 Å². The highest BCUT2D eigenvalue weighted by molar-refractivity contribution is 4.99. The van der Waals surface area contributed by atoms with Gasteiger partial charge >= 0.3 is 0 Å². The first-order valence-corrected chi connectivity index (χ1v) is 11.4. The summed E-state index contributed by atoms with van der Waals surface area (Å²) in [4.78, 5) is 2.77. The maximum absolute atomic E-state index is 10.8. The average Bonchev–Trinajstić information content (AvgIpc) is 3.23. The van der Waals surface area contributed by atoms with E-state index in [0.29, 0.717) is 13.2 Å². The summed E-state index contributed by atoms with van der Waals surface area (Å²) in [6.07, 6.45) is -4.90. The molecule has 12 heteroatoms. The minimum Gasteiger partial charge on any atom is -0.394 e. The molecule has 184 valence electrons. The molecular formula is C20H35N3O9. The van der Waals surface area contributed by atoms with Crippen LogP contribution in [0.4, 0.5) is 0 Å². The second kappa shape index (κ2) is 12.4. The van der Waals surface area contributed by atoms with E-state index in [2.05, 4.69) is 10.0 Å². The average molecular weight is 462 g/mol. The topological polar surface area (TPSA) is 165 Å². The molecular weight excluding hydrogens is 426 g/mol. The molecule has 3 aliphatic heterocycles. The number of hydrogen-bond acceptors (Lipinski definition) is 10. The Hall–Kier alpha value is -1.05. The molecule has 2 bridgehead atoms. The second-order valence-corrected chi connectivity index (χ2v) is 8.26. The van der Waals surface area contributed by atoms with Gasteiger partial charge in [-0.15, -0.1) is 0 Å². The van der Waals surface area contributed by atoms with Crippen LogP contribution in [0.5, 0.6) is 0 Å². The SMILES string of the molecule is CCCCOC1[C@H](O)[C@H](CO)O[C@@H](O[C@@H]2C3CO[C@H](O3)[C@@H](N=[N+]=[N-])C2O)[C@H]1OCCCC. The monoisotopic (exact) mass is 461 g/mol. The number of rotatable bonds is 12. The lowest BCUT2D eigenvalue weighted by Crippen LogP contribution is -2.63. The van der Waals surface area contributed by atoms with Crippen LogP contribution in [0.2, 0.25) is 0 Å². The maximum Gasteiger partial charge on any atom is 0.187 e. The minimum absolute atomic E-state index is 0.153. The van der Waals surface area contributed by atoms with Crippen molar-refractivity contribution in [3.8, 4) is 0 Å². The molecule has 0 amide bonds. The third-order valence-electron chi connectivity index (χ3n) is 5.96. The molecule has 0 aromatic heterocycles. The molecule has 0 saturated carbocycles. The van der Waals surface area contributed by atoms with Gasteiger partial charge in [0.15, 0.2) is 12.6 Å². The van der Waals surface area contributed by atoms with Gasteiger partial charge in [0, 0.05) is 18.1 Å². The van der Waals surface area contributed by atoms with Crippen LogP contribution in [0.15, 0.2) is 5.11 Å². The highest BCUT2D eigenvalue weighted by atomic mass is 16.8. The van der Waals surface area contributed by atoms with Crippen molar-refractivity contribution < 1.29 is 43.7 Å². The van der Waals surface area contributed by atoms with Crippen molar-refractivity contribution >= 4 is 0 Å².